The van der Waals surface area contributed by atoms with E-state index in [1.165, 1.54) is 18.2 Å². The molecule has 6 heteroatoms. The minimum absolute atomic E-state index is 0.0794. The van der Waals surface area contributed by atoms with Gasteiger partial charge in [-0.15, -0.1) is 0 Å². The number of aromatic amines is 1. The molecule has 1 N–H and O–H groups in total. The second-order valence-corrected chi connectivity index (χ2v) is 6.22. The molecule has 1 aromatic heterocycles. The van der Waals surface area contributed by atoms with Crippen molar-refractivity contribution in [3.63, 3.8) is 0 Å². The molecule has 0 bridgehead atoms. The summed E-state index contributed by atoms with van der Waals surface area (Å²) in [5.74, 6) is -0.535. The van der Waals surface area contributed by atoms with Crippen molar-refractivity contribution >= 4 is 5.91 Å². The SMILES string of the molecule is Cc1[nH]c(=O)c(C#N)cc1C(=O)N1CCCCC1c1ccc(F)cc1. The molecule has 0 aliphatic carbocycles. The van der Waals surface area contributed by atoms with E-state index in [-0.39, 0.29) is 23.3 Å². The van der Waals surface area contributed by atoms with Gasteiger partial charge in [-0.05, 0) is 49.9 Å². The number of piperidine rings is 1. The smallest absolute Gasteiger partial charge is 0.266 e. The van der Waals surface area contributed by atoms with E-state index in [1.54, 1.807) is 24.0 Å². The molecular weight excluding hydrogens is 321 g/mol. The first-order valence-corrected chi connectivity index (χ1v) is 8.21. The van der Waals surface area contributed by atoms with Crippen molar-refractivity contribution in [1.82, 2.24) is 9.88 Å². The molecule has 5 nitrogen and oxygen atoms in total. The summed E-state index contributed by atoms with van der Waals surface area (Å²) in [6, 6.07) is 9.22. The Morgan fingerprint density at radius 1 is 1.32 bits per heavy atom. The molecule has 25 heavy (non-hydrogen) atoms. The fraction of sp³-hybridized carbons (Fsp3) is 0.316. The van der Waals surface area contributed by atoms with Crippen LogP contribution in [0.1, 0.15) is 52.5 Å². The van der Waals surface area contributed by atoms with Crippen molar-refractivity contribution in [3.8, 4) is 6.07 Å². The lowest BCUT2D eigenvalue weighted by Gasteiger charge is -2.36. The maximum Gasteiger partial charge on any atom is 0.266 e. The number of aromatic nitrogens is 1. The van der Waals surface area contributed by atoms with E-state index in [0.717, 1.165) is 24.8 Å². The number of benzene rings is 1. The van der Waals surface area contributed by atoms with Crippen LogP contribution in [0.15, 0.2) is 35.1 Å². The summed E-state index contributed by atoms with van der Waals surface area (Å²) in [5.41, 5.74) is 1.08. The van der Waals surface area contributed by atoms with Crippen LogP contribution in [-0.2, 0) is 0 Å². The first-order chi connectivity index (χ1) is 12.0. The predicted octanol–water partition coefficient (Wildman–Crippen LogP) is 3.06. The van der Waals surface area contributed by atoms with Crippen LogP contribution in [0.2, 0.25) is 0 Å². The summed E-state index contributed by atoms with van der Waals surface area (Å²) in [6.07, 6.45) is 2.67. The van der Waals surface area contributed by atoms with Gasteiger partial charge in [0.2, 0.25) is 0 Å². The number of H-pyrrole nitrogens is 1. The number of nitrogens with zero attached hydrogens (tertiary/aromatic N) is 2. The van der Waals surface area contributed by atoms with E-state index in [0.29, 0.717) is 17.8 Å². The van der Waals surface area contributed by atoms with E-state index >= 15 is 0 Å². The number of hydrogen-bond acceptors (Lipinski definition) is 3. The average molecular weight is 339 g/mol. The highest BCUT2D eigenvalue weighted by Gasteiger charge is 2.30. The summed E-state index contributed by atoms with van der Waals surface area (Å²) in [7, 11) is 0. The van der Waals surface area contributed by atoms with Gasteiger partial charge in [0.1, 0.15) is 17.4 Å². The molecule has 3 rings (SSSR count). The summed E-state index contributed by atoms with van der Waals surface area (Å²) in [5, 5.41) is 9.05. The topological polar surface area (TPSA) is 77.0 Å². The van der Waals surface area contributed by atoms with Crippen LogP contribution >= 0.6 is 0 Å². The van der Waals surface area contributed by atoms with Gasteiger partial charge in [-0.1, -0.05) is 12.1 Å². The van der Waals surface area contributed by atoms with Crippen molar-refractivity contribution < 1.29 is 9.18 Å². The van der Waals surface area contributed by atoms with Crippen LogP contribution in [0.5, 0.6) is 0 Å². The Balaban J connectivity index is 1.98. The Hall–Kier alpha value is -2.94. The van der Waals surface area contributed by atoms with Crippen molar-refractivity contribution in [3.05, 3.63) is 68.9 Å². The third-order valence-corrected chi connectivity index (χ3v) is 4.61. The van der Waals surface area contributed by atoms with Crippen LogP contribution in [0.3, 0.4) is 0 Å². The van der Waals surface area contributed by atoms with E-state index < -0.39 is 5.56 Å². The molecule has 2 aromatic rings. The van der Waals surface area contributed by atoms with Gasteiger partial charge in [0.25, 0.3) is 11.5 Å². The quantitative estimate of drug-likeness (QED) is 0.913. The zero-order valence-corrected chi connectivity index (χ0v) is 13.9. The van der Waals surface area contributed by atoms with Gasteiger partial charge in [0.05, 0.1) is 11.6 Å². The fourth-order valence-electron chi connectivity index (χ4n) is 3.29. The van der Waals surface area contributed by atoms with E-state index in [4.69, 9.17) is 5.26 Å². The van der Waals surface area contributed by atoms with Crippen molar-refractivity contribution in [2.45, 2.75) is 32.2 Å². The Morgan fingerprint density at radius 3 is 2.72 bits per heavy atom. The lowest BCUT2D eigenvalue weighted by molar-refractivity contribution is 0.0610. The van der Waals surface area contributed by atoms with Crippen molar-refractivity contribution in [1.29, 1.82) is 5.26 Å². The minimum atomic E-state index is -0.495. The number of nitrogens with one attached hydrogen (secondary N) is 1. The predicted molar refractivity (Wildman–Crippen MR) is 90.5 cm³/mol. The first kappa shape index (κ1) is 16.9. The standard InChI is InChI=1S/C19H18FN3O2/c1-12-16(10-14(11-21)18(24)22-12)19(25)23-9-3-2-4-17(23)13-5-7-15(20)8-6-13/h5-8,10,17H,2-4,9H2,1H3,(H,22,24). The Morgan fingerprint density at radius 2 is 2.04 bits per heavy atom. The molecule has 1 unspecified atom stereocenters. The molecule has 1 aromatic carbocycles. The highest BCUT2D eigenvalue weighted by Crippen LogP contribution is 2.32. The molecule has 1 aliphatic heterocycles. The molecule has 0 radical (unpaired) electrons. The van der Waals surface area contributed by atoms with Gasteiger partial charge in [-0.25, -0.2) is 4.39 Å². The van der Waals surface area contributed by atoms with Crippen molar-refractivity contribution in [2.75, 3.05) is 6.54 Å². The number of rotatable bonds is 2. The normalized spacial score (nSPS) is 17.2. The molecule has 0 saturated carbocycles. The van der Waals surface area contributed by atoms with Crippen LogP contribution in [-0.4, -0.2) is 22.3 Å². The van der Waals surface area contributed by atoms with Gasteiger partial charge >= 0.3 is 0 Å². The highest BCUT2D eigenvalue weighted by molar-refractivity contribution is 5.95. The summed E-state index contributed by atoms with van der Waals surface area (Å²) in [4.78, 5) is 29.1. The second kappa shape index (κ2) is 6.89. The molecule has 1 saturated heterocycles. The minimum Gasteiger partial charge on any atom is -0.332 e. The van der Waals surface area contributed by atoms with Gasteiger partial charge in [0.15, 0.2) is 0 Å². The fourth-order valence-corrected chi connectivity index (χ4v) is 3.29. The number of halogens is 1. The zero-order valence-electron chi connectivity index (χ0n) is 13.9. The molecule has 0 spiro atoms. The molecule has 1 aliphatic rings. The number of carbonyl (C=O) groups is 1. The first-order valence-electron chi connectivity index (χ1n) is 8.21. The molecule has 1 atom stereocenters. The molecular formula is C19H18FN3O2. The number of aryl methyl sites for hydroxylation is 1. The average Bonchev–Trinajstić information content (AvgIpc) is 2.62. The van der Waals surface area contributed by atoms with Crippen LogP contribution in [0, 0.1) is 24.1 Å². The number of amides is 1. The lowest BCUT2D eigenvalue weighted by Crippen LogP contribution is -2.39. The number of hydrogen-bond donors (Lipinski definition) is 1. The maximum atomic E-state index is 13.2. The van der Waals surface area contributed by atoms with Gasteiger partial charge < -0.3 is 9.88 Å². The summed E-state index contributed by atoms with van der Waals surface area (Å²) in [6.45, 7) is 2.23. The Kier molecular flexibility index (Phi) is 4.66. The van der Waals surface area contributed by atoms with E-state index in [9.17, 15) is 14.0 Å². The summed E-state index contributed by atoms with van der Waals surface area (Å²) < 4.78 is 13.2. The van der Waals surface area contributed by atoms with Crippen LogP contribution in [0.25, 0.3) is 0 Å². The molecule has 2 heterocycles. The number of pyridine rings is 1. The van der Waals surface area contributed by atoms with Crippen LogP contribution in [0.4, 0.5) is 4.39 Å². The van der Waals surface area contributed by atoms with Crippen LogP contribution < -0.4 is 5.56 Å². The van der Waals surface area contributed by atoms with Crippen molar-refractivity contribution in [2.24, 2.45) is 0 Å². The monoisotopic (exact) mass is 339 g/mol. The zero-order chi connectivity index (χ0) is 18.0. The molecule has 128 valence electrons. The van der Waals surface area contributed by atoms with Gasteiger partial charge in [-0.2, -0.15) is 5.26 Å². The largest absolute Gasteiger partial charge is 0.332 e. The second-order valence-electron chi connectivity index (χ2n) is 6.22. The van der Waals surface area contributed by atoms with E-state index in [2.05, 4.69) is 4.98 Å². The summed E-state index contributed by atoms with van der Waals surface area (Å²) >= 11 is 0. The Labute approximate surface area is 144 Å². The third-order valence-electron chi connectivity index (χ3n) is 4.61. The number of carbonyl (C=O) groups excluding carboxylic acids is 1. The molecule has 1 amide bonds. The molecule has 1 fully saturated rings. The van der Waals surface area contributed by atoms with E-state index in [1.807, 2.05) is 6.07 Å². The maximum absolute atomic E-state index is 13.2. The van der Waals surface area contributed by atoms with Gasteiger partial charge in [0, 0.05) is 12.2 Å². The number of nitriles is 1. The highest BCUT2D eigenvalue weighted by atomic mass is 19.1. The number of likely N-dealkylation sites (tertiary alicyclic amines) is 1. The lowest BCUT2D eigenvalue weighted by atomic mass is 9.94. The third kappa shape index (κ3) is 3.31. The van der Waals surface area contributed by atoms with Gasteiger partial charge in [-0.3, -0.25) is 9.59 Å². The Bertz CT molecular complexity index is 896.